The lowest BCUT2D eigenvalue weighted by atomic mass is 10.0. The first kappa shape index (κ1) is 25.7. The van der Waals surface area contributed by atoms with Crippen molar-refractivity contribution in [3.8, 4) is 0 Å². The average Bonchev–Trinajstić information content (AvgIpc) is 3.47. The van der Waals surface area contributed by atoms with E-state index in [9.17, 15) is 24.0 Å². The van der Waals surface area contributed by atoms with Crippen molar-refractivity contribution in [3.05, 3.63) is 36.0 Å². The number of aromatic amines is 1. The minimum absolute atomic E-state index is 0.0981. The van der Waals surface area contributed by atoms with Gasteiger partial charge in [-0.05, 0) is 30.9 Å². The van der Waals surface area contributed by atoms with Crippen molar-refractivity contribution in [1.82, 2.24) is 20.5 Å². The lowest BCUT2D eigenvalue weighted by Gasteiger charge is -2.29. The minimum atomic E-state index is -1.20. The van der Waals surface area contributed by atoms with Gasteiger partial charge in [-0.25, -0.2) is 0 Å². The van der Waals surface area contributed by atoms with Crippen molar-refractivity contribution in [1.29, 1.82) is 0 Å². The maximum atomic E-state index is 13.6. The van der Waals surface area contributed by atoms with Crippen molar-refractivity contribution in [2.24, 2.45) is 5.73 Å². The zero-order valence-corrected chi connectivity index (χ0v) is 19.0. The number of nitrogens with one attached hydrogen (secondary N) is 3. The Morgan fingerprint density at radius 3 is 2.60 bits per heavy atom. The number of nitrogens with zero attached hydrogens (tertiary/aromatic N) is 1. The molecule has 12 nitrogen and oxygen atoms in total. The molecular formula is C23H29N5O7. The zero-order chi connectivity index (χ0) is 25.5. The molecule has 1 saturated heterocycles. The average molecular weight is 488 g/mol. The van der Waals surface area contributed by atoms with Gasteiger partial charge in [-0.3, -0.25) is 24.0 Å². The first-order chi connectivity index (χ1) is 16.7. The molecule has 3 amide bonds. The molecule has 1 fully saturated rings. The Kier molecular flexibility index (Phi) is 8.42. The number of fused-ring (bicyclic) bond motifs is 1. The number of likely N-dealkylation sites (tertiary alicyclic amines) is 1. The number of benzene rings is 1. The van der Waals surface area contributed by atoms with E-state index < -0.39 is 54.3 Å². The largest absolute Gasteiger partial charge is 0.481 e. The first-order valence-corrected chi connectivity index (χ1v) is 11.3. The topological polar surface area (TPSA) is 195 Å². The molecule has 7 N–H and O–H groups in total. The van der Waals surface area contributed by atoms with Gasteiger partial charge in [-0.15, -0.1) is 0 Å². The Bertz CT molecular complexity index is 1110. The third-order valence-corrected chi connectivity index (χ3v) is 5.97. The van der Waals surface area contributed by atoms with Gasteiger partial charge in [0.25, 0.3) is 0 Å². The van der Waals surface area contributed by atoms with Crippen molar-refractivity contribution in [2.75, 3.05) is 13.1 Å². The quantitative estimate of drug-likeness (QED) is 0.246. The van der Waals surface area contributed by atoms with Crippen LogP contribution in [0.5, 0.6) is 0 Å². The minimum Gasteiger partial charge on any atom is -0.481 e. The Labute approximate surface area is 200 Å². The summed E-state index contributed by atoms with van der Waals surface area (Å²) in [7, 11) is 0. The van der Waals surface area contributed by atoms with Gasteiger partial charge in [0.1, 0.15) is 18.6 Å². The molecular weight excluding hydrogens is 458 g/mol. The van der Waals surface area contributed by atoms with E-state index in [1.54, 1.807) is 6.20 Å². The van der Waals surface area contributed by atoms with Gasteiger partial charge in [0.05, 0.1) is 6.04 Å². The van der Waals surface area contributed by atoms with Crippen LogP contribution >= 0.6 is 0 Å². The van der Waals surface area contributed by atoms with Gasteiger partial charge < -0.3 is 36.5 Å². The Balaban J connectivity index is 1.81. The lowest BCUT2D eigenvalue weighted by molar-refractivity contribution is -0.143. The third-order valence-electron chi connectivity index (χ3n) is 5.97. The van der Waals surface area contributed by atoms with Crippen molar-refractivity contribution >= 4 is 40.6 Å². The third kappa shape index (κ3) is 6.57. The smallest absolute Gasteiger partial charge is 0.322 e. The molecule has 1 aliphatic rings. The van der Waals surface area contributed by atoms with Gasteiger partial charge in [-0.1, -0.05) is 18.2 Å². The fourth-order valence-corrected chi connectivity index (χ4v) is 4.19. The van der Waals surface area contributed by atoms with E-state index in [-0.39, 0.29) is 25.8 Å². The molecule has 0 bridgehead atoms. The Morgan fingerprint density at radius 2 is 1.89 bits per heavy atom. The molecule has 3 atom stereocenters. The maximum Gasteiger partial charge on any atom is 0.322 e. The number of hydrogen-bond donors (Lipinski definition) is 6. The van der Waals surface area contributed by atoms with Crippen molar-refractivity contribution in [3.63, 3.8) is 0 Å². The van der Waals surface area contributed by atoms with Crippen LogP contribution in [0.25, 0.3) is 10.9 Å². The number of carboxylic acids is 2. The highest BCUT2D eigenvalue weighted by Gasteiger charge is 2.38. The van der Waals surface area contributed by atoms with Gasteiger partial charge in [0.15, 0.2) is 0 Å². The maximum absolute atomic E-state index is 13.6. The highest BCUT2D eigenvalue weighted by atomic mass is 16.4. The van der Waals surface area contributed by atoms with Gasteiger partial charge in [-0.2, -0.15) is 0 Å². The normalized spacial score (nSPS) is 17.1. The molecule has 1 aliphatic heterocycles. The van der Waals surface area contributed by atoms with Gasteiger partial charge in [0, 0.05) is 36.5 Å². The summed E-state index contributed by atoms with van der Waals surface area (Å²) >= 11 is 0. The second kappa shape index (κ2) is 11.5. The van der Waals surface area contributed by atoms with Crippen LogP contribution in [-0.2, 0) is 30.4 Å². The molecule has 3 unspecified atom stereocenters. The summed E-state index contributed by atoms with van der Waals surface area (Å²) in [5.74, 6) is -4.04. The number of carbonyl (C=O) groups excluding carboxylic acids is 3. The summed E-state index contributed by atoms with van der Waals surface area (Å²) < 4.78 is 0. The molecule has 0 spiro atoms. The molecule has 2 aromatic rings. The number of hydrogen-bond acceptors (Lipinski definition) is 6. The number of para-hydroxylation sites is 1. The molecule has 0 radical (unpaired) electrons. The van der Waals surface area contributed by atoms with Crippen LogP contribution in [0.3, 0.4) is 0 Å². The number of rotatable bonds is 11. The molecule has 188 valence electrons. The van der Waals surface area contributed by atoms with Crippen LogP contribution in [0.4, 0.5) is 0 Å². The van der Waals surface area contributed by atoms with E-state index >= 15 is 0 Å². The molecule has 3 rings (SSSR count). The molecule has 0 aliphatic carbocycles. The van der Waals surface area contributed by atoms with E-state index in [1.807, 2.05) is 24.3 Å². The Hall–Kier alpha value is -3.93. The number of carbonyl (C=O) groups is 5. The van der Waals surface area contributed by atoms with Crippen LogP contribution in [-0.4, -0.2) is 81.0 Å². The number of H-pyrrole nitrogens is 1. The lowest BCUT2D eigenvalue weighted by Crippen LogP contribution is -2.56. The Morgan fingerprint density at radius 1 is 1.14 bits per heavy atom. The first-order valence-electron chi connectivity index (χ1n) is 11.3. The standard InChI is InChI=1S/C23H29N5O7/c24-15(7-8-19(29)30)21(33)27-17(10-13-11-25-16-5-2-1-4-14(13)16)23(35)28-9-3-6-18(28)22(34)26-12-20(31)32/h1-2,4-5,11,15,17-18,25H,3,6-10,12,24H2,(H,26,34)(H,27,33)(H,29,30)(H,31,32). The zero-order valence-electron chi connectivity index (χ0n) is 19.0. The van der Waals surface area contributed by atoms with Crippen molar-refractivity contribution in [2.45, 2.75) is 50.2 Å². The molecule has 2 heterocycles. The number of nitrogens with two attached hydrogens (primary N) is 1. The summed E-state index contributed by atoms with van der Waals surface area (Å²) in [4.78, 5) is 64.9. The predicted octanol–water partition coefficient (Wildman–Crippen LogP) is -0.421. The summed E-state index contributed by atoms with van der Waals surface area (Å²) in [5.41, 5.74) is 7.47. The van der Waals surface area contributed by atoms with Crippen LogP contribution in [0.15, 0.2) is 30.5 Å². The molecule has 0 saturated carbocycles. The monoisotopic (exact) mass is 487 g/mol. The van der Waals surface area contributed by atoms with E-state index in [4.69, 9.17) is 15.9 Å². The van der Waals surface area contributed by atoms with Gasteiger partial charge in [0.2, 0.25) is 17.7 Å². The predicted molar refractivity (Wildman–Crippen MR) is 124 cm³/mol. The number of aliphatic carboxylic acids is 2. The summed E-state index contributed by atoms with van der Waals surface area (Å²) in [6.07, 6.45) is 2.36. The second-order valence-electron chi connectivity index (χ2n) is 8.46. The fourth-order valence-electron chi connectivity index (χ4n) is 4.19. The van der Waals surface area contributed by atoms with Crippen LogP contribution in [0.2, 0.25) is 0 Å². The van der Waals surface area contributed by atoms with Gasteiger partial charge >= 0.3 is 11.9 Å². The van der Waals surface area contributed by atoms with Crippen LogP contribution < -0.4 is 16.4 Å². The second-order valence-corrected chi connectivity index (χ2v) is 8.46. The highest BCUT2D eigenvalue weighted by molar-refractivity contribution is 5.95. The highest BCUT2D eigenvalue weighted by Crippen LogP contribution is 2.23. The molecule has 35 heavy (non-hydrogen) atoms. The van der Waals surface area contributed by atoms with E-state index in [1.165, 1.54) is 4.90 Å². The number of aromatic nitrogens is 1. The van der Waals surface area contributed by atoms with E-state index in [2.05, 4.69) is 15.6 Å². The SMILES string of the molecule is NC(CCC(=O)O)C(=O)NC(Cc1c[nH]c2ccccc12)C(=O)N1CCCC1C(=O)NCC(=O)O. The molecule has 1 aromatic carbocycles. The summed E-state index contributed by atoms with van der Waals surface area (Å²) in [6, 6.07) is 4.41. The molecule has 1 aromatic heterocycles. The van der Waals surface area contributed by atoms with E-state index in [0.29, 0.717) is 12.8 Å². The fraction of sp³-hybridized carbons (Fsp3) is 0.435. The molecule has 12 heteroatoms. The van der Waals surface area contributed by atoms with Crippen LogP contribution in [0, 0.1) is 0 Å². The summed E-state index contributed by atoms with van der Waals surface area (Å²) in [6.45, 7) is -0.291. The van der Waals surface area contributed by atoms with E-state index in [0.717, 1.165) is 16.5 Å². The summed E-state index contributed by atoms with van der Waals surface area (Å²) in [5, 5.41) is 23.5. The van der Waals surface area contributed by atoms with Crippen LogP contribution in [0.1, 0.15) is 31.2 Å². The van der Waals surface area contributed by atoms with Crippen molar-refractivity contribution < 1.29 is 34.2 Å². The number of carboxylic acid groups (broad SMARTS) is 2. The number of amides is 3.